The normalized spacial score (nSPS) is 10.6. The fraction of sp³-hybridized carbons (Fsp3) is 0.100. The van der Waals surface area contributed by atoms with E-state index in [0.717, 1.165) is 21.8 Å². The van der Waals surface area contributed by atoms with E-state index in [1.165, 1.54) is 6.39 Å². The number of aryl methyl sites for hydroxylation is 1. The van der Waals surface area contributed by atoms with Crippen molar-refractivity contribution in [1.82, 2.24) is 15.2 Å². The number of amides is 1. The van der Waals surface area contributed by atoms with Crippen LogP contribution in [0.1, 0.15) is 5.01 Å². The lowest BCUT2D eigenvalue weighted by molar-refractivity contribution is -0.118. The maximum Gasteiger partial charge on any atom is 0.262 e. The summed E-state index contributed by atoms with van der Waals surface area (Å²) in [6.07, 6.45) is 1.27. The van der Waals surface area contributed by atoms with Gasteiger partial charge in [-0.1, -0.05) is 12.1 Å². The Balaban J connectivity index is 1.34. The third kappa shape index (κ3) is 4.24. The summed E-state index contributed by atoms with van der Waals surface area (Å²) in [5, 5.41) is 13.3. The Labute approximate surface area is 165 Å². The van der Waals surface area contributed by atoms with Crippen LogP contribution in [0.4, 0.5) is 5.69 Å². The Kier molecular flexibility index (Phi) is 5.11. The molecule has 28 heavy (non-hydrogen) atoms. The van der Waals surface area contributed by atoms with Crippen molar-refractivity contribution in [2.45, 2.75) is 6.92 Å². The second kappa shape index (κ2) is 8.01. The summed E-state index contributed by atoms with van der Waals surface area (Å²) in [4.78, 5) is 16.7. The zero-order valence-electron chi connectivity index (χ0n) is 15.0. The van der Waals surface area contributed by atoms with Crippen LogP contribution in [-0.4, -0.2) is 27.7 Å². The van der Waals surface area contributed by atoms with Crippen molar-refractivity contribution in [2.24, 2.45) is 0 Å². The van der Waals surface area contributed by atoms with Gasteiger partial charge in [0.1, 0.15) is 5.75 Å². The molecule has 1 N–H and O–H groups in total. The van der Waals surface area contributed by atoms with Gasteiger partial charge in [0.2, 0.25) is 12.3 Å². The summed E-state index contributed by atoms with van der Waals surface area (Å²) in [5.74, 6) is 0.761. The molecule has 0 fully saturated rings. The molecule has 0 aliphatic carbocycles. The average Bonchev–Trinajstić information content (AvgIpc) is 3.39. The molecular weight excluding hydrogens is 376 g/mol. The number of hydrogen-bond acceptors (Lipinski definition) is 7. The topological polar surface area (TPSA) is 90.1 Å². The van der Waals surface area contributed by atoms with Gasteiger partial charge < -0.3 is 14.5 Å². The van der Waals surface area contributed by atoms with Crippen molar-refractivity contribution >= 4 is 22.9 Å². The molecule has 4 aromatic rings. The highest BCUT2D eigenvalue weighted by molar-refractivity contribution is 7.09. The lowest BCUT2D eigenvalue weighted by Crippen LogP contribution is -2.20. The number of aromatic nitrogens is 3. The number of nitrogens with one attached hydrogen (secondary N) is 1. The molecule has 0 unspecified atom stereocenters. The van der Waals surface area contributed by atoms with Crippen LogP contribution < -0.4 is 10.1 Å². The lowest BCUT2D eigenvalue weighted by atomic mass is 10.1. The Hall–Kier alpha value is -3.52. The van der Waals surface area contributed by atoms with Gasteiger partial charge in [-0.15, -0.1) is 21.5 Å². The highest BCUT2D eigenvalue weighted by Crippen LogP contribution is 2.24. The van der Waals surface area contributed by atoms with Crippen LogP contribution in [0.2, 0.25) is 0 Å². The molecule has 2 heterocycles. The second-order valence-corrected chi connectivity index (χ2v) is 7.00. The van der Waals surface area contributed by atoms with Crippen LogP contribution in [0.15, 0.2) is 64.7 Å². The van der Waals surface area contributed by atoms with E-state index in [4.69, 9.17) is 9.15 Å². The maximum absolute atomic E-state index is 12.2. The van der Waals surface area contributed by atoms with Gasteiger partial charge >= 0.3 is 0 Å². The van der Waals surface area contributed by atoms with E-state index in [1.807, 2.05) is 36.6 Å². The number of nitrogens with zero attached hydrogens (tertiary/aromatic N) is 3. The molecule has 8 heteroatoms. The standard InChI is InChI=1S/C20H16N4O3S/c1-13-22-18(11-28-13)15-3-2-4-16(9-15)23-19(25)10-26-17-7-5-14(6-8-17)20-24-21-12-27-20/h2-9,11-12H,10H2,1H3,(H,23,25). The van der Waals surface area contributed by atoms with E-state index in [2.05, 4.69) is 20.5 Å². The van der Waals surface area contributed by atoms with Crippen molar-refractivity contribution in [3.8, 4) is 28.5 Å². The fourth-order valence-electron chi connectivity index (χ4n) is 2.59. The first-order valence-corrected chi connectivity index (χ1v) is 9.37. The van der Waals surface area contributed by atoms with Gasteiger partial charge in [-0.3, -0.25) is 4.79 Å². The molecule has 2 aromatic carbocycles. The number of benzene rings is 2. The van der Waals surface area contributed by atoms with Crippen molar-refractivity contribution in [3.05, 3.63) is 65.3 Å². The van der Waals surface area contributed by atoms with Gasteiger partial charge in [0.25, 0.3) is 5.91 Å². The minimum Gasteiger partial charge on any atom is -0.484 e. The zero-order chi connectivity index (χ0) is 19.3. The van der Waals surface area contributed by atoms with Crippen LogP contribution in [0, 0.1) is 6.92 Å². The molecular formula is C20H16N4O3S. The summed E-state index contributed by atoms with van der Waals surface area (Å²) < 4.78 is 10.7. The summed E-state index contributed by atoms with van der Waals surface area (Å²) in [6.45, 7) is 1.87. The van der Waals surface area contributed by atoms with Crippen molar-refractivity contribution < 1.29 is 13.9 Å². The van der Waals surface area contributed by atoms with E-state index < -0.39 is 0 Å². The fourth-order valence-corrected chi connectivity index (χ4v) is 3.21. The molecule has 0 aliphatic heterocycles. The minimum absolute atomic E-state index is 0.0973. The van der Waals surface area contributed by atoms with Gasteiger partial charge in [-0.25, -0.2) is 4.98 Å². The first-order valence-electron chi connectivity index (χ1n) is 8.49. The monoisotopic (exact) mass is 392 g/mol. The third-order valence-corrected chi connectivity index (χ3v) is 4.67. The number of thiazole rings is 1. The molecule has 7 nitrogen and oxygen atoms in total. The molecule has 2 aromatic heterocycles. The first kappa shape index (κ1) is 17.9. The van der Waals surface area contributed by atoms with Crippen LogP contribution in [0.25, 0.3) is 22.7 Å². The van der Waals surface area contributed by atoms with Gasteiger partial charge in [0, 0.05) is 22.2 Å². The van der Waals surface area contributed by atoms with Gasteiger partial charge in [0.15, 0.2) is 6.61 Å². The molecule has 0 atom stereocenters. The Bertz CT molecular complexity index is 1080. The molecule has 0 radical (unpaired) electrons. The molecule has 0 aliphatic rings. The predicted octanol–water partition coefficient (Wildman–Crippen LogP) is 4.19. The van der Waals surface area contributed by atoms with E-state index >= 15 is 0 Å². The van der Waals surface area contributed by atoms with E-state index in [-0.39, 0.29) is 12.5 Å². The van der Waals surface area contributed by atoms with Crippen LogP contribution >= 0.6 is 11.3 Å². The van der Waals surface area contributed by atoms with Gasteiger partial charge in [0.05, 0.1) is 10.7 Å². The summed E-state index contributed by atoms with van der Waals surface area (Å²) >= 11 is 1.59. The lowest BCUT2D eigenvalue weighted by Gasteiger charge is -2.08. The Morgan fingerprint density at radius 2 is 2.04 bits per heavy atom. The average molecular weight is 392 g/mol. The number of hydrogen-bond donors (Lipinski definition) is 1. The number of rotatable bonds is 6. The number of carbonyl (C=O) groups is 1. The SMILES string of the molecule is Cc1nc(-c2cccc(NC(=O)COc3ccc(-c4nnco4)cc3)c2)cs1. The highest BCUT2D eigenvalue weighted by atomic mass is 32.1. The quantitative estimate of drug-likeness (QED) is 0.529. The smallest absolute Gasteiger partial charge is 0.262 e. The van der Waals surface area contributed by atoms with Crippen LogP contribution in [-0.2, 0) is 4.79 Å². The van der Waals surface area contributed by atoms with Crippen LogP contribution in [0.3, 0.4) is 0 Å². The van der Waals surface area contributed by atoms with E-state index in [9.17, 15) is 4.79 Å². The Morgan fingerprint density at radius 1 is 1.18 bits per heavy atom. The minimum atomic E-state index is -0.243. The molecule has 0 saturated heterocycles. The van der Waals surface area contributed by atoms with Crippen molar-refractivity contribution in [3.63, 3.8) is 0 Å². The molecule has 4 rings (SSSR count). The third-order valence-electron chi connectivity index (χ3n) is 3.89. The predicted molar refractivity (Wildman–Crippen MR) is 106 cm³/mol. The van der Waals surface area contributed by atoms with E-state index in [0.29, 0.717) is 17.3 Å². The molecule has 1 amide bonds. The first-order chi connectivity index (χ1) is 13.7. The van der Waals surface area contributed by atoms with Gasteiger partial charge in [-0.05, 0) is 43.3 Å². The maximum atomic E-state index is 12.2. The molecule has 140 valence electrons. The highest BCUT2D eigenvalue weighted by Gasteiger charge is 2.08. The van der Waals surface area contributed by atoms with E-state index in [1.54, 1.807) is 35.6 Å². The van der Waals surface area contributed by atoms with Crippen molar-refractivity contribution in [1.29, 1.82) is 0 Å². The number of ether oxygens (including phenoxy) is 1. The molecule has 0 bridgehead atoms. The summed E-state index contributed by atoms with van der Waals surface area (Å²) in [7, 11) is 0. The molecule has 0 spiro atoms. The Morgan fingerprint density at radius 3 is 2.75 bits per heavy atom. The zero-order valence-corrected chi connectivity index (χ0v) is 15.8. The summed E-state index contributed by atoms with van der Waals surface area (Å²) in [6, 6.07) is 14.7. The summed E-state index contributed by atoms with van der Waals surface area (Å²) in [5.41, 5.74) is 3.34. The van der Waals surface area contributed by atoms with Crippen LogP contribution in [0.5, 0.6) is 5.75 Å². The van der Waals surface area contributed by atoms with Crippen molar-refractivity contribution in [2.75, 3.05) is 11.9 Å². The van der Waals surface area contributed by atoms with Gasteiger partial charge in [-0.2, -0.15) is 0 Å². The number of carbonyl (C=O) groups excluding carboxylic acids is 1. The molecule has 0 saturated carbocycles. The largest absolute Gasteiger partial charge is 0.484 e. The number of anilines is 1. The second-order valence-electron chi connectivity index (χ2n) is 5.94.